The maximum absolute atomic E-state index is 14.3. The van der Waals surface area contributed by atoms with Crippen LogP contribution in [0.25, 0.3) is 16.9 Å². The zero-order valence-electron chi connectivity index (χ0n) is 11.5. The number of hydrogen-bond acceptors (Lipinski definition) is 4. The van der Waals surface area contributed by atoms with Gasteiger partial charge in [0.2, 0.25) is 0 Å². The molecule has 0 fully saturated rings. The van der Waals surface area contributed by atoms with Crippen molar-refractivity contribution >= 4 is 0 Å². The van der Waals surface area contributed by atoms with Crippen molar-refractivity contribution in [3.05, 3.63) is 54.0 Å². The highest BCUT2D eigenvalue weighted by Crippen LogP contribution is 2.36. The summed E-state index contributed by atoms with van der Waals surface area (Å²) in [4.78, 5) is 11.9. The van der Waals surface area contributed by atoms with Crippen LogP contribution in [0, 0.1) is 18.6 Å². The molecule has 0 atom stereocenters. The van der Waals surface area contributed by atoms with Crippen LogP contribution in [-0.2, 0) is 6.61 Å². The van der Waals surface area contributed by atoms with Gasteiger partial charge in [-0.3, -0.25) is 4.57 Å². The average molecular weight is 300 g/mol. The van der Waals surface area contributed by atoms with Crippen LogP contribution in [0.1, 0.15) is 11.5 Å². The lowest BCUT2D eigenvalue weighted by Gasteiger charge is -2.21. The zero-order valence-corrected chi connectivity index (χ0v) is 11.5. The summed E-state index contributed by atoms with van der Waals surface area (Å²) in [7, 11) is 0. The second kappa shape index (κ2) is 4.59. The van der Waals surface area contributed by atoms with E-state index in [4.69, 9.17) is 4.74 Å². The Kier molecular flexibility index (Phi) is 2.69. The standard InChI is InChI=1S/C15H10F2N4O/c1-8-19-5-12(17)14(20-8)9-2-11(16)15-13(3-9)21-7-18-4-10(21)6-22-15/h2-5,7H,6H2,1H3. The Labute approximate surface area is 124 Å². The SMILES string of the molecule is Cc1ncc(F)c(-c2cc(F)c3c(c2)-n2cncc2CO3)n1. The number of imidazole rings is 1. The largest absolute Gasteiger partial charge is 0.482 e. The molecule has 0 saturated heterocycles. The summed E-state index contributed by atoms with van der Waals surface area (Å²) >= 11 is 0. The predicted molar refractivity (Wildman–Crippen MR) is 73.6 cm³/mol. The van der Waals surface area contributed by atoms with E-state index in [1.807, 2.05) is 0 Å². The molecule has 110 valence electrons. The first-order valence-corrected chi connectivity index (χ1v) is 6.61. The summed E-state index contributed by atoms with van der Waals surface area (Å²) < 4.78 is 35.4. The Bertz CT molecular complexity index is 891. The first-order chi connectivity index (χ1) is 10.6. The maximum atomic E-state index is 14.3. The smallest absolute Gasteiger partial charge is 0.179 e. The summed E-state index contributed by atoms with van der Waals surface area (Å²) in [5.41, 5.74) is 1.65. The van der Waals surface area contributed by atoms with Gasteiger partial charge < -0.3 is 4.74 Å². The first kappa shape index (κ1) is 12.9. The number of hydrogen-bond donors (Lipinski definition) is 0. The van der Waals surface area contributed by atoms with Crippen molar-refractivity contribution in [3.63, 3.8) is 0 Å². The number of aromatic nitrogens is 4. The van der Waals surface area contributed by atoms with Crippen molar-refractivity contribution < 1.29 is 13.5 Å². The van der Waals surface area contributed by atoms with Crippen LogP contribution >= 0.6 is 0 Å². The van der Waals surface area contributed by atoms with Crippen LogP contribution in [-0.4, -0.2) is 19.5 Å². The highest BCUT2D eigenvalue weighted by molar-refractivity contribution is 5.67. The second-order valence-corrected chi connectivity index (χ2v) is 4.96. The predicted octanol–water partition coefficient (Wildman–Crippen LogP) is 2.81. The lowest BCUT2D eigenvalue weighted by molar-refractivity contribution is 0.270. The topological polar surface area (TPSA) is 52.8 Å². The van der Waals surface area contributed by atoms with E-state index in [-0.39, 0.29) is 18.1 Å². The van der Waals surface area contributed by atoms with Crippen LogP contribution in [0.5, 0.6) is 5.75 Å². The number of rotatable bonds is 1. The van der Waals surface area contributed by atoms with E-state index in [0.717, 1.165) is 11.9 Å². The van der Waals surface area contributed by atoms with Gasteiger partial charge in [0.1, 0.15) is 18.1 Å². The van der Waals surface area contributed by atoms with Gasteiger partial charge >= 0.3 is 0 Å². The van der Waals surface area contributed by atoms with Gasteiger partial charge in [-0.2, -0.15) is 0 Å². The molecule has 4 rings (SSSR count). The van der Waals surface area contributed by atoms with Crippen LogP contribution in [0.3, 0.4) is 0 Å². The number of benzene rings is 1. The Morgan fingerprint density at radius 2 is 2.05 bits per heavy atom. The van der Waals surface area contributed by atoms with Crippen molar-refractivity contribution in [2.24, 2.45) is 0 Å². The van der Waals surface area contributed by atoms with E-state index < -0.39 is 11.6 Å². The number of fused-ring (bicyclic) bond motifs is 3. The molecular formula is C15H10F2N4O. The van der Waals surface area contributed by atoms with Crippen molar-refractivity contribution in [2.75, 3.05) is 0 Å². The Morgan fingerprint density at radius 1 is 1.18 bits per heavy atom. The first-order valence-electron chi connectivity index (χ1n) is 6.61. The number of nitrogens with zero attached hydrogens (tertiary/aromatic N) is 4. The minimum absolute atomic E-state index is 0.0569. The molecule has 0 spiro atoms. The quantitative estimate of drug-likeness (QED) is 0.693. The molecule has 1 aliphatic rings. The lowest BCUT2D eigenvalue weighted by Crippen LogP contribution is -2.13. The Hall–Kier alpha value is -2.83. The van der Waals surface area contributed by atoms with Crippen molar-refractivity contribution in [3.8, 4) is 22.7 Å². The third-order valence-corrected chi connectivity index (χ3v) is 3.50. The van der Waals surface area contributed by atoms with E-state index in [1.54, 1.807) is 30.1 Å². The number of ether oxygens (including phenoxy) is 1. The third-order valence-electron chi connectivity index (χ3n) is 3.50. The van der Waals surface area contributed by atoms with E-state index in [9.17, 15) is 8.78 Å². The molecule has 5 nitrogen and oxygen atoms in total. The molecule has 0 aliphatic carbocycles. The molecule has 0 saturated carbocycles. The van der Waals surface area contributed by atoms with Crippen LogP contribution in [0.2, 0.25) is 0 Å². The Morgan fingerprint density at radius 3 is 2.91 bits per heavy atom. The molecule has 0 unspecified atom stereocenters. The van der Waals surface area contributed by atoms with E-state index in [2.05, 4.69) is 15.0 Å². The molecule has 7 heteroatoms. The van der Waals surface area contributed by atoms with Gasteiger partial charge in [-0.05, 0) is 19.1 Å². The maximum Gasteiger partial charge on any atom is 0.179 e. The van der Waals surface area contributed by atoms with E-state index in [1.165, 1.54) is 6.07 Å². The molecule has 3 heterocycles. The summed E-state index contributed by atoms with van der Waals surface area (Å²) in [5, 5.41) is 0. The molecule has 22 heavy (non-hydrogen) atoms. The second-order valence-electron chi connectivity index (χ2n) is 4.96. The Balaban J connectivity index is 1.96. The molecule has 2 aromatic heterocycles. The average Bonchev–Trinajstić information content (AvgIpc) is 2.98. The molecule has 0 amide bonds. The summed E-state index contributed by atoms with van der Waals surface area (Å²) in [6, 6.07) is 2.85. The van der Waals surface area contributed by atoms with Gasteiger partial charge in [0.15, 0.2) is 17.4 Å². The fraction of sp³-hybridized carbons (Fsp3) is 0.133. The fourth-order valence-corrected chi connectivity index (χ4v) is 2.49. The van der Waals surface area contributed by atoms with Crippen LogP contribution < -0.4 is 4.74 Å². The molecular weight excluding hydrogens is 290 g/mol. The lowest BCUT2D eigenvalue weighted by atomic mass is 10.1. The minimum atomic E-state index is -0.604. The molecule has 1 aliphatic heterocycles. The van der Waals surface area contributed by atoms with Gasteiger partial charge in [0, 0.05) is 5.56 Å². The minimum Gasteiger partial charge on any atom is -0.482 e. The van der Waals surface area contributed by atoms with Gasteiger partial charge in [-0.25, -0.2) is 23.7 Å². The van der Waals surface area contributed by atoms with Crippen LogP contribution in [0.15, 0.2) is 30.9 Å². The summed E-state index contributed by atoms with van der Waals surface area (Å²) in [6.45, 7) is 1.89. The number of halogens is 2. The molecule has 3 aromatic rings. The van der Waals surface area contributed by atoms with Gasteiger partial charge in [-0.15, -0.1) is 0 Å². The highest BCUT2D eigenvalue weighted by atomic mass is 19.1. The fourth-order valence-electron chi connectivity index (χ4n) is 2.49. The normalized spacial score (nSPS) is 12.5. The van der Waals surface area contributed by atoms with Crippen molar-refractivity contribution in [1.29, 1.82) is 0 Å². The van der Waals surface area contributed by atoms with E-state index >= 15 is 0 Å². The third kappa shape index (κ3) is 1.86. The van der Waals surface area contributed by atoms with Crippen molar-refractivity contribution in [1.82, 2.24) is 19.5 Å². The monoisotopic (exact) mass is 300 g/mol. The number of aryl methyl sites for hydroxylation is 1. The van der Waals surface area contributed by atoms with E-state index in [0.29, 0.717) is 17.1 Å². The highest BCUT2D eigenvalue weighted by Gasteiger charge is 2.23. The van der Waals surface area contributed by atoms with Gasteiger partial charge in [0.05, 0.1) is 30.1 Å². The molecule has 0 N–H and O–H groups in total. The van der Waals surface area contributed by atoms with Gasteiger partial charge in [-0.1, -0.05) is 0 Å². The summed E-state index contributed by atoms with van der Waals surface area (Å²) in [6.07, 6.45) is 4.29. The molecule has 0 bridgehead atoms. The van der Waals surface area contributed by atoms with Gasteiger partial charge in [0.25, 0.3) is 0 Å². The summed E-state index contributed by atoms with van der Waals surface area (Å²) in [5.74, 6) is -0.635. The zero-order chi connectivity index (χ0) is 15.3. The van der Waals surface area contributed by atoms with Crippen LogP contribution in [0.4, 0.5) is 8.78 Å². The molecule has 1 aromatic carbocycles. The molecule has 0 radical (unpaired) electrons. The van der Waals surface area contributed by atoms with Crippen molar-refractivity contribution in [2.45, 2.75) is 13.5 Å².